The van der Waals surface area contributed by atoms with Gasteiger partial charge in [0.15, 0.2) is 5.69 Å². The average molecular weight is 315 g/mol. The number of hydrogen-bond donors (Lipinski definition) is 0. The molecule has 0 aliphatic heterocycles. The second kappa shape index (κ2) is 5.54. The summed E-state index contributed by atoms with van der Waals surface area (Å²) in [5, 5.41) is 0. The smallest absolute Gasteiger partial charge is 0.357 e. The molecule has 0 spiro atoms. The van der Waals surface area contributed by atoms with Crippen molar-refractivity contribution < 1.29 is 18.3 Å². The molecule has 0 unspecified atom stereocenters. The number of nitrogens with zero attached hydrogens (tertiary/aromatic N) is 1. The van der Waals surface area contributed by atoms with Gasteiger partial charge < -0.3 is 4.74 Å². The Morgan fingerprint density at radius 1 is 1.69 bits per heavy atom. The van der Waals surface area contributed by atoms with Gasteiger partial charge in [-0.05, 0) is 6.07 Å². The summed E-state index contributed by atoms with van der Waals surface area (Å²) in [6.07, 6.45) is -2.76. The third-order valence-corrected chi connectivity index (χ3v) is 2.80. The first-order valence-corrected chi connectivity index (χ1v) is 5.45. The van der Waals surface area contributed by atoms with Gasteiger partial charge in [0.2, 0.25) is 0 Å². The zero-order chi connectivity index (χ0) is 12.3. The van der Waals surface area contributed by atoms with Gasteiger partial charge >= 0.3 is 5.97 Å². The van der Waals surface area contributed by atoms with Crippen LogP contribution in [0.25, 0.3) is 0 Å². The van der Waals surface area contributed by atoms with Crippen molar-refractivity contribution in [3.8, 4) is 0 Å². The molecule has 0 bridgehead atoms. The van der Waals surface area contributed by atoms with E-state index in [0.717, 1.165) is 13.2 Å². The number of methoxy groups -OCH3 is 1. The van der Waals surface area contributed by atoms with E-state index in [0.29, 0.717) is 10.0 Å². The third kappa shape index (κ3) is 2.68. The SMILES string of the molecule is COC(=O)c1nc(C(F)F)cc(Br)c1CCl. The highest BCUT2D eigenvalue weighted by atomic mass is 79.9. The van der Waals surface area contributed by atoms with E-state index in [2.05, 4.69) is 25.7 Å². The van der Waals surface area contributed by atoms with Crippen molar-refractivity contribution in [2.75, 3.05) is 7.11 Å². The molecule has 0 aliphatic carbocycles. The van der Waals surface area contributed by atoms with E-state index in [-0.39, 0.29) is 11.6 Å². The highest BCUT2D eigenvalue weighted by Crippen LogP contribution is 2.27. The quantitative estimate of drug-likeness (QED) is 0.635. The Bertz CT molecular complexity index is 415. The van der Waals surface area contributed by atoms with E-state index in [4.69, 9.17) is 11.6 Å². The van der Waals surface area contributed by atoms with E-state index >= 15 is 0 Å². The molecule has 0 N–H and O–H groups in total. The van der Waals surface area contributed by atoms with Crippen molar-refractivity contribution in [3.63, 3.8) is 0 Å². The lowest BCUT2D eigenvalue weighted by Crippen LogP contribution is -2.10. The number of carbonyl (C=O) groups excluding carboxylic acids is 1. The van der Waals surface area contributed by atoms with E-state index in [1.807, 2.05) is 0 Å². The fourth-order valence-corrected chi connectivity index (χ4v) is 2.06. The number of esters is 1. The molecule has 7 heteroatoms. The Balaban J connectivity index is 3.36. The first kappa shape index (κ1) is 13.3. The zero-order valence-corrected chi connectivity index (χ0v) is 10.5. The molecule has 0 amide bonds. The van der Waals surface area contributed by atoms with Crippen LogP contribution in [0.4, 0.5) is 8.78 Å². The van der Waals surface area contributed by atoms with Crippen LogP contribution in [0.5, 0.6) is 0 Å². The largest absolute Gasteiger partial charge is 0.464 e. The normalized spacial score (nSPS) is 10.6. The minimum Gasteiger partial charge on any atom is -0.464 e. The van der Waals surface area contributed by atoms with Crippen molar-refractivity contribution in [2.24, 2.45) is 0 Å². The first-order chi connectivity index (χ1) is 7.51. The predicted octanol–water partition coefficient (Wildman–Crippen LogP) is 3.31. The maximum atomic E-state index is 12.5. The van der Waals surface area contributed by atoms with Crippen molar-refractivity contribution in [2.45, 2.75) is 12.3 Å². The lowest BCUT2D eigenvalue weighted by atomic mass is 10.2. The van der Waals surface area contributed by atoms with Crippen LogP contribution < -0.4 is 0 Å². The van der Waals surface area contributed by atoms with Gasteiger partial charge in [0, 0.05) is 10.0 Å². The zero-order valence-electron chi connectivity index (χ0n) is 8.14. The second-order valence-corrected chi connectivity index (χ2v) is 3.90. The van der Waals surface area contributed by atoms with Crippen LogP contribution >= 0.6 is 27.5 Å². The molecule has 0 fully saturated rings. The molecular formula is C9H7BrClF2NO2. The topological polar surface area (TPSA) is 39.2 Å². The van der Waals surface area contributed by atoms with Gasteiger partial charge in [-0.1, -0.05) is 15.9 Å². The number of carbonyl (C=O) groups is 1. The van der Waals surface area contributed by atoms with Crippen LogP contribution in [0.15, 0.2) is 10.5 Å². The van der Waals surface area contributed by atoms with Crippen LogP contribution in [0.2, 0.25) is 0 Å². The van der Waals surface area contributed by atoms with Gasteiger partial charge in [0.1, 0.15) is 5.69 Å². The van der Waals surface area contributed by atoms with Crippen LogP contribution in [0, 0.1) is 0 Å². The molecule has 16 heavy (non-hydrogen) atoms. The number of aromatic nitrogens is 1. The summed E-state index contributed by atoms with van der Waals surface area (Å²) in [4.78, 5) is 14.8. The first-order valence-electron chi connectivity index (χ1n) is 4.13. The molecule has 88 valence electrons. The Morgan fingerprint density at radius 3 is 2.75 bits per heavy atom. The molecule has 1 heterocycles. The van der Waals surface area contributed by atoms with E-state index < -0.39 is 18.1 Å². The molecule has 1 aromatic heterocycles. The number of halogens is 4. The molecule has 0 saturated heterocycles. The molecule has 0 aromatic carbocycles. The van der Waals surface area contributed by atoms with Crippen molar-refractivity contribution >= 4 is 33.5 Å². The van der Waals surface area contributed by atoms with Gasteiger partial charge in [-0.2, -0.15) is 0 Å². The Kier molecular flexibility index (Phi) is 4.61. The van der Waals surface area contributed by atoms with Gasteiger partial charge in [0.05, 0.1) is 13.0 Å². The lowest BCUT2D eigenvalue weighted by molar-refractivity contribution is 0.0591. The standard InChI is InChI=1S/C9H7BrClF2NO2/c1-16-9(15)7-4(3-11)5(10)2-6(14-7)8(12)13/h2,8H,3H2,1H3. The van der Waals surface area contributed by atoms with Crippen LogP contribution in [0.3, 0.4) is 0 Å². The van der Waals surface area contributed by atoms with Crippen molar-refractivity contribution in [1.82, 2.24) is 4.98 Å². The maximum Gasteiger partial charge on any atom is 0.357 e. The minimum absolute atomic E-state index is 0.0263. The highest BCUT2D eigenvalue weighted by Gasteiger charge is 2.20. The fraction of sp³-hybridized carbons (Fsp3) is 0.333. The summed E-state index contributed by atoms with van der Waals surface area (Å²) in [6, 6.07) is 1.13. The van der Waals surface area contributed by atoms with Gasteiger partial charge in [-0.25, -0.2) is 18.6 Å². The minimum atomic E-state index is -2.76. The fourth-order valence-electron chi connectivity index (χ4n) is 1.06. The molecule has 0 radical (unpaired) electrons. The summed E-state index contributed by atoms with van der Waals surface area (Å²) < 4.78 is 29.7. The van der Waals surface area contributed by atoms with Crippen molar-refractivity contribution in [1.29, 1.82) is 0 Å². The van der Waals surface area contributed by atoms with Crippen LogP contribution in [-0.4, -0.2) is 18.1 Å². The van der Waals surface area contributed by atoms with E-state index in [9.17, 15) is 13.6 Å². The van der Waals surface area contributed by atoms with Gasteiger partial charge in [0.25, 0.3) is 6.43 Å². The van der Waals surface area contributed by atoms with Gasteiger partial charge in [-0.3, -0.25) is 0 Å². The molecule has 0 aliphatic rings. The summed E-state index contributed by atoms with van der Waals surface area (Å²) in [5.41, 5.74) is -0.360. The van der Waals surface area contributed by atoms with Crippen molar-refractivity contribution in [3.05, 3.63) is 27.5 Å². The molecule has 1 rings (SSSR count). The number of ether oxygens (including phenoxy) is 1. The Morgan fingerprint density at radius 2 is 2.31 bits per heavy atom. The molecular weight excluding hydrogens is 307 g/mol. The number of alkyl halides is 3. The molecule has 0 saturated carbocycles. The molecule has 3 nitrogen and oxygen atoms in total. The monoisotopic (exact) mass is 313 g/mol. The number of pyridine rings is 1. The summed E-state index contributed by atoms with van der Waals surface area (Å²) >= 11 is 8.66. The Hall–Kier alpha value is -0.750. The summed E-state index contributed by atoms with van der Waals surface area (Å²) in [6.45, 7) is 0. The summed E-state index contributed by atoms with van der Waals surface area (Å²) in [5.74, 6) is -0.819. The third-order valence-electron chi connectivity index (χ3n) is 1.83. The van der Waals surface area contributed by atoms with Crippen LogP contribution in [-0.2, 0) is 10.6 Å². The second-order valence-electron chi connectivity index (χ2n) is 2.78. The number of rotatable bonds is 3. The van der Waals surface area contributed by atoms with Gasteiger partial charge in [-0.15, -0.1) is 11.6 Å². The predicted molar refractivity (Wildman–Crippen MR) is 57.8 cm³/mol. The average Bonchev–Trinajstić information content (AvgIpc) is 2.26. The number of hydrogen-bond acceptors (Lipinski definition) is 3. The Labute approximate surface area is 104 Å². The van der Waals surface area contributed by atoms with Crippen LogP contribution in [0.1, 0.15) is 28.2 Å². The summed E-state index contributed by atoms with van der Waals surface area (Å²) in [7, 11) is 1.14. The van der Waals surface area contributed by atoms with E-state index in [1.165, 1.54) is 0 Å². The molecule has 0 atom stereocenters. The van der Waals surface area contributed by atoms with E-state index in [1.54, 1.807) is 0 Å². The highest BCUT2D eigenvalue weighted by molar-refractivity contribution is 9.10. The maximum absolute atomic E-state index is 12.5. The lowest BCUT2D eigenvalue weighted by Gasteiger charge is -2.09. The molecule has 1 aromatic rings.